The van der Waals surface area contributed by atoms with Gasteiger partial charge in [0.15, 0.2) is 11.4 Å². The number of para-hydroxylation sites is 1. The number of hydrogen-bond donors (Lipinski definition) is 1. The van der Waals surface area contributed by atoms with Crippen molar-refractivity contribution in [3.8, 4) is 0 Å². The summed E-state index contributed by atoms with van der Waals surface area (Å²) in [6.45, 7) is 0. The maximum Gasteiger partial charge on any atom is 0.169 e. The fourth-order valence-electron chi connectivity index (χ4n) is 2.15. The topological polar surface area (TPSA) is 39.2 Å². The molecule has 1 heterocycles. The van der Waals surface area contributed by atoms with E-state index >= 15 is 0 Å². The van der Waals surface area contributed by atoms with E-state index in [2.05, 4.69) is 0 Å². The van der Waals surface area contributed by atoms with Crippen LogP contribution in [0.25, 0.3) is 11.0 Å². The molecule has 0 bridgehead atoms. The summed E-state index contributed by atoms with van der Waals surface area (Å²) in [5, 5.41) is 0.493. The summed E-state index contributed by atoms with van der Waals surface area (Å²) >= 11 is 0. The molecule has 1 aromatic heterocycles. The summed E-state index contributed by atoms with van der Waals surface area (Å²) in [6.07, 6.45) is 0. The van der Waals surface area contributed by atoms with Crippen LogP contribution in [-0.4, -0.2) is 0 Å². The van der Waals surface area contributed by atoms with Crippen molar-refractivity contribution in [3.05, 3.63) is 71.2 Å². The SMILES string of the molecule is NC(c1cc2cccc(F)c2o1)c1c(F)cccc1F. The fourth-order valence-corrected chi connectivity index (χ4v) is 2.15. The van der Waals surface area contributed by atoms with E-state index in [1.165, 1.54) is 24.3 Å². The van der Waals surface area contributed by atoms with E-state index in [0.29, 0.717) is 5.39 Å². The summed E-state index contributed by atoms with van der Waals surface area (Å²) in [7, 11) is 0. The zero-order chi connectivity index (χ0) is 14.3. The molecule has 2 nitrogen and oxygen atoms in total. The summed E-state index contributed by atoms with van der Waals surface area (Å²) in [5.41, 5.74) is 5.56. The van der Waals surface area contributed by atoms with Gasteiger partial charge in [-0.3, -0.25) is 0 Å². The lowest BCUT2D eigenvalue weighted by Crippen LogP contribution is -2.14. The predicted molar refractivity (Wildman–Crippen MR) is 68.6 cm³/mol. The first-order valence-corrected chi connectivity index (χ1v) is 5.95. The maximum absolute atomic E-state index is 13.7. The van der Waals surface area contributed by atoms with Gasteiger partial charge in [0.25, 0.3) is 0 Å². The van der Waals surface area contributed by atoms with E-state index in [0.717, 1.165) is 12.1 Å². The van der Waals surface area contributed by atoms with Crippen molar-refractivity contribution in [2.45, 2.75) is 6.04 Å². The van der Waals surface area contributed by atoms with Crippen LogP contribution in [0.2, 0.25) is 0 Å². The minimum Gasteiger partial charge on any atom is -0.456 e. The standard InChI is InChI=1S/C15H10F3NO/c16-9-4-2-5-10(17)13(9)14(19)12-7-8-3-1-6-11(18)15(8)20-12/h1-7,14H,19H2. The minimum atomic E-state index is -1.14. The molecule has 20 heavy (non-hydrogen) atoms. The highest BCUT2D eigenvalue weighted by Crippen LogP contribution is 2.30. The van der Waals surface area contributed by atoms with Gasteiger partial charge in [0.05, 0.1) is 6.04 Å². The number of halogens is 3. The number of nitrogens with two attached hydrogens (primary N) is 1. The minimum absolute atomic E-state index is 0.0229. The Morgan fingerprint density at radius 3 is 2.15 bits per heavy atom. The third-order valence-electron chi connectivity index (χ3n) is 3.13. The smallest absolute Gasteiger partial charge is 0.169 e. The van der Waals surface area contributed by atoms with Crippen LogP contribution in [-0.2, 0) is 0 Å². The number of furan rings is 1. The van der Waals surface area contributed by atoms with E-state index in [-0.39, 0.29) is 16.9 Å². The van der Waals surface area contributed by atoms with Gasteiger partial charge in [0.1, 0.15) is 17.4 Å². The summed E-state index contributed by atoms with van der Waals surface area (Å²) < 4.78 is 46.2. The van der Waals surface area contributed by atoms with E-state index in [1.54, 1.807) is 6.07 Å². The third kappa shape index (κ3) is 1.96. The number of fused-ring (bicyclic) bond motifs is 1. The first-order valence-electron chi connectivity index (χ1n) is 5.95. The van der Waals surface area contributed by atoms with Crippen LogP contribution in [0.1, 0.15) is 17.4 Å². The van der Waals surface area contributed by atoms with Crippen molar-refractivity contribution in [3.63, 3.8) is 0 Å². The van der Waals surface area contributed by atoms with Gasteiger partial charge in [-0.05, 0) is 24.3 Å². The van der Waals surface area contributed by atoms with Gasteiger partial charge in [0, 0.05) is 10.9 Å². The Bertz CT molecular complexity index is 762. The Hall–Kier alpha value is -2.27. The number of rotatable bonds is 2. The summed E-state index contributed by atoms with van der Waals surface area (Å²) in [4.78, 5) is 0. The molecule has 0 aliphatic heterocycles. The molecule has 3 aromatic rings. The predicted octanol–water partition coefficient (Wildman–Crippen LogP) is 3.90. The van der Waals surface area contributed by atoms with Gasteiger partial charge in [-0.1, -0.05) is 18.2 Å². The Morgan fingerprint density at radius 1 is 0.900 bits per heavy atom. The molecule has 2 N–H and O–H groups in total. The molecule has 0 fully saturated rings. The van der Waals surface area contributed by atoms with Crippen molar-refractivity contribution in [2.75, 3.05) is 0 Å². The molecule has 5 heteroatoms. The zero-order valence-corrected chi connectivity index (χ0v) is 10.2. The molecule has 2 aromatic carbocycles. The van der Waals surface area contributed by atoms with Crippen LogP contribution < -0.4 is 5.73 Å². The molecule has 0 aliphatic carbocycles. The monoisotopic (exact) mass is 277 g/mol. The normalized spacial score (nSPS) is 12.8. The first-order chi connectivity index (χ1) is 9.58. The molecule has 0 aliphatic rings. The van der Waals surface area contributed by atoms with Gasteiger partial charge in [-0.25, -0.2) is 13.2 Å². The van der Waals surface area contributed by atoms with Gasteiger partial charge >= 0.3 is 0 Å². The van der Waals surface area contributed by atoms with Crippen LogP contribution in [0.4, 0.5) is 13.2 Å². The average Bonchev–Trinajstić information content (AvgIpc) is 2.84. The van der Waals surface area contributed by atoms with Crippen LogP contribution in [0.5, 0.6) is 0 Å². The molecule has 0 saturated carbocycles. The molecule has 1 unspecified atom stereocenters. The molecule has 0 spiro atoms. The second-order valence-corrected chi connectivity index (χ2v) is 4.42. The highest BCUT2D eigenvalue weighted by molar-refractivity contribution is 5.78. The lowest BCUT2D eigenvalue weighted by Gasteiger charge is -2.11. The largest absolute Gasteiger partial charge is 0.456 e. The maximum atomic E-state index is 13.7. The molecule has 102 valence electrons. The lowest BCUT2D eigenvalue weighted by atomic mass is 10.0. The highest BCUT2D eigenvalue weighted by Gasteiger charge is 2.22. The highest BCUT2D eigenvalue weighted by atomic mass is 19.1. The quantitative estimate of drug-likeness (QED) is 0.771. The van der Waals surface area contributed by atoms with Gasteiger partial charge in [-0.2, -0.15) is 0 Å². The Kier molecular flexibility index (Phi) is 2.99. The summed E-state index contributed by atoms with van der Waals surface area (Å²) in [5.74, 6) is -1.97. The van der Waals surface area contributed by atoms with Gasteiger partial charge < -0.3 is 10.2 Å². The van der Waals surface area contributed by atoms with E-state index in [1.807, 2.05) is 0 Å². The second kappa shape index (κ2) is 4.68. The molecular formula is C15H10F3NO. The second-order valence-electron chi connectivity index (χ2n) is 4.42. The van der Waals surface area contributed by atoms with Crippen LogP contribution in [0, 0.1) is 17.5 Å². The Labute approximate surface area is 112 Å². The zero-order valence-electron chi connectivity index (χ0n) is 10.2. The first kappa shape index (κ1) is 12.7. The van der Waals surface area contributed by atoms with Crippen LogP contribution in [0.3, 0.4) is 0 Å². The fraction of sp³-hybridized carbons (Fsp3) is 0.0667. The summed E-state index contributed by atoms with van der Waals surface area (Å²) in [6, 6.07) is 8.22. The average molecular weight is 277 g/mol. The van der Waals surface area contributed by atoms with Crippen LogP contribution in [0.15, 0.2) is 46.9 Å². The molecular weight excluding hydrogens is 267 g/mol. The molecule has 3 rings (SSSR count). The Morgan fingerprint density at radius 2 is 1.50 bits per heavy atom. The van der Waals surface area contributed by atoms with E-state index < -0.39 is 23.5 Å². The molecule has 0 saturated heterocycles. The lowest BCUT2D eigenvalue weighted by molar-refractivity contribution is 0.477. The van der Waals surface area contributed by atoms with E-state index in [9.17, 15) is 13.2 Å². The Balaban J connectivity index is 2.13. The third-order valence-corrected chi connectivity index (χ3v) is 3.13. The van der Waals surface area contributed by atoms with E-state index in [4.69, 9.17) is 10.2 Å². The van der Waals surface area contributed by atoms with Gasteiger partial charge in [-0.15, -0.1) is 0 Å². The molecule has 1 atom stereocenters. The number of hydrogen-bond acceptors (Lipinski definition) is 2. The van der Waals surface area contributed by atoms with Crippen molar-refractivity contribution in [1.29, 1.82) is 0 Å². The molecule has 0 amide bonds. The number of benzene rings is 2. The van der Waals surface area contributed by atoms with Crippen molar-refractivity contribution >= 4 is 11.0 Å². The van der Waals surface area contributed by atoms with Crippen molar-refractivity contribution in [2.24, 2.45) is 5.73 Å². The van der Waals surface area contributed by atoms with Crippen molar-refractivity contribution in [1.82, 2.24) is 0 Å². The van der Waals surface area contributed by atoms with Crippen molar-refractivity contribution < 1.29 is 17.6 Å². The van der Waals surface area contributed by atoms with Gasteiger partial charge in [0.2, 0.25) is 0 Å². The molecule has 0 radical (unpaired) electrons. The van der Waals surface area contributed by atoms with Crippen LogP contribution >= 0.6 is 0 Å².